The third-order valence-electron chi connectivity index (χ3n) is 2.81. The molecule has 0 atom stereocenters. The molecule has 5 nitrogen and oxygen atoms in total. The summed E-state index contributed by atoms with van der Waals surface area (Å²) in [6.07, 6.45) is 1.70. The molecule has 0 amide bonds. The Hall–Kier alpha value is -1.82. The highest BCUT2D eigenvalue weighted by Crippen LogP contribution is 2.33. The zero-order valence-corrected chi connectivity index (χ0v) is 10.7. The molecule has 0 aromatic carbocycles. The van der Waals surface area contributed by atoms with E-state index in [2.05, 4.69) is 15.0 Å². The molecule has 0 spiro atoms. The van der Waals surface area contributed by atoms with E-state index in [1.807, 2.05) is 17.8 Å². The van der Waals surface area contributed by atoms with E-state index in [0.717, 1.165) is 28.3 Å². The monoisotopic (exact) mass is 260 g/mol. The number of methoxy groups -OCH3 is 1. The number of ether oxygens (including phenoxy) is 1. The number of anilines is 1. The van der Waals surface area contributed by atoms with Crippen molar-refractivity contribution in [3.8, 4) is 17.3 Å². The maximum Gasteiger partial charge on any atom is 0.212 e. The number of rotatable bonds is 2. The van der Waals surface area contributed by atoms with E-state index in [9.17, 15) is 0 Å². The van der Waals surface area contributed by atoms with Gasteiger partial charge in [0.2, 0.25) is 5.88 Å². The minimum Gasteiger partial charge on any atom is -0.481 e. The van der Waals surface area contributed by atoms with Gasteiger partial charge in [0, 0.05) is 34.9 Å². The Balaban J connectivity index is 2.03. The Labute approximate surface area is 109 Å². The fraction of sp³-hybridized carbons (Fsp3) is 0.250. The summed E-state index contributed by atoms with van der Waals surface area (Å²) in [6, 6.07) is 3.67. The molecular weight excluding hydrogens is 248 g/mol. The molecule has 2 N–H and O–H groups in total. The van der Waals surface area contributed by atoms with E-state index < -0.39 is 0 Å². The van der Waals surface area contributed by atoms with E-state index in [1.54, 1.807) is 19.4 Å². The molecule has 0 saturated heterocycles. The lowest BCUT2D eigenvalue weighted by Crippen LogP contribution is -2.03. The standard InChI is InChI=1S/C12H12N4OS/c1-17-10-3-2-7(4-14-10)12-15-9-6-18-5-8(9)11(13)16-12/h2-4H,5-6H2,1H3,(H2,13,15,16). The number of fused-ring (bicyclic) bond motifs is 1. The van der Waals surface area contributed by atoms with Crippen LogP contribution in [0.1, 0.15) is 11.3 Å². The van der Waals surface area contributed by atoms with Gasteiger partial charge in [0.15, 0.2) is 5.82 Å². The SMILES string of the molecule is COc1ccc(-c2nc(N)c3c(n2)CSC3)cn1. The molecule has 3 rings (SSSR count). The number of hydrogen-bond acceptors (Lipinski definition) is 6. The first-order valence-corrected chi connectivity index (χ1v) is 6.67. The predicted molar refractivity (Wildman–Crippen MR) is 71.2 cm³/mol. The average molecular weight is 260 g/mol. The maximum absolute atomic E-state index is 5.96. The number of hydrogen-bond donors (Lipinski definition) is 1. The lowest BCUT2D eigenvalue weighted by atomic mass is 10.2. The minimum atomic E-state index is 0.573. The second kappa shape index (κ2) is 4.45. The second-order valence-electron chi connectivity index (χ2n) is 3.94. The van der Waals surface area contributed by atoms with Crippen LogP contribution in [0.4, 0.5) is 5.82 Å². The Bertz CT molecular complexity index is 585. The highest BCUT2D eigenvalue weighted by molar-refractivity contribution is 7.98. The van der Waals surface area contributed by atoms with Crippen LogP contribution in [0, 0.1) is 0 Å². The zero-order chi connectivity index (χ0) is 12.5. The number of nitrogens with two attached hydrogens (primary N) is 1. The fourth-order valence-corrected chi connectivity index (χ4v) is 2.89. The van der Waals surface area contributed by atoms with E-state index in [4.69, 9.17) is 10.5 Å². The van der Waals surface area contributed by atoms with Crippen LogP contribution in [0.2, 0.25) is 0 Å². The molecule has 0 aliphatic carbocycles. The number of thioether (sulfide) groups is 1. The van der Waals surface area contributed by atoms with Gasteiger partial charge in [0.1, 0.15) is 5.82 Å². The first kappa shape index (κ1) is 11.3. The van der Waals surface area contributed by atoms with Crippen LogP contribution >= 0.6 is 11.8 Å². The van der Waals surface area contributed by atoms with Crippen molar-refractivity contribution < 1.29 is 4.74 Å². The van der Waals surface area contributed by atoms with Crippen LogP contribution in [0.3, 0.4) is 0 Å². The summed E-state index contributed by atoms with van der Waals surface area (Å²) in [5.41, 5.74) is 8.92. The zero-order valence-electron chi connectivity index (χ0n) is 9.88. The quantitative estimate of drug-likeness (QED) is 0.888. The topological polar surface area (TPSA) is 73.9 Å². The van der Waals surface area contributed by atoms with Crippen molar-refractivity contribution in [2.24, 2.45) is 0 Å². The van der Waals surface area contributed by atoms with E-state index in [1.165, 1.54) is 0 Å². The number of nitrogens with zero attached hydrogens (tertiary/aromatic N) is 3. The molecule has 18 heavy (non-hydrogen) atoms. The maximum atomic E-state index is 5.96. The van der Waals surface area contributed by atoms with Crippen molar-refractivity contribution in [1.82, 2.24) is 15.0 Å². The van der Waals surface area contributed by atoms with Gasteiger partial charge < -0.3 is 10.5 Å². The Kier molecular flexibility index (Phi) is 2.79. The molecule has 0 bridgehead atoms. The van der Waals surface area contributed by atoms with Gasteiger partial charge in [-0.3, -0.25) is 0 Å². The van der Waals surface area contributed by atoms with Crippen LogP contribution in [-0.4, -0.2) is 22.1 Å². The summed E-state index contributed by atoms with van der Waals surface area (Å²) in [6.45, 7) is 0. The van der Waals surface area contributed by atoms with Crippen molar-refractivity contribution in [2.75, 3.05) is 12.8 Å². The summed E-state index contributed by atoms with van der Waals surface area (Å²) >= 11 is 1.81. The number of pyridine rings is 1. The van der Waals surface area contributed by atoms with Gasteiger partial charge in [-0.05, 0) is 6.07 Å². The number of nitrogen functional groups attached to an aromatic ring is 1. The second-order valence-corrected chi connectivity index (χ2v) is 4.93. The molecule has 3 heterocycles. The first-order valence-electron chi connectivity index (χ1n) is 5.51. The van der Waals surface area contributed by atoms with Crippen LogP contribution in [0.15, 0.2) is 18.3 Å². The molecule has 2 aromatic heterocycles. The van der Waals surface area contributed by atoms with Crippen LogP contribution in [0.25, 0.3) is 11.4 Å². The lowest BCUT2D eigenvalue weighted by molar-refractivity contribution is 0.398. The normalized spacial score (nSPS) is 13.4. The Morgan fingerprint density at radius 2 is 2.17 bits per heavy atom. The van der Waals surface area contributed by atoms with Gasteiger partial charge in [0.05, 0.1) is 12.8 Å². The Morgan fingerprint density at radius 3 is 2.89 bits per heavy atom. The molecule has 92 valence electrons. The van der Waals surface area contributed by atoms with Crippen molar-refractivity contribution in [3.63, 3.8) is 0 Å². The van der Waals surface area contributed by atoms with Crippen molar-refractivity contribution in [1.29, 1.82) is 0 Å². The fourth-order valence-electron chi connectivity index (χ4n) is 1.84. The predicted octanol–water partition coefficient (Wildman–Crippen LogP) is 1.88. The third kappa shape index (κ3) is 1.88. The van der Waals surface area contributed by atoms with E-state index >= 15 is 0 Å². The average Bonchev–Trinajstić information content (AvgIpc) is 2.88. The van der Waals surface area contributed by atoms with Crippen molar-refractivity contribution in [3.05, 3.63) is 29.6 Å². The third-order valence-corrected chi connectivity index (χ3v) is 3.78. The van der Waals surface area contributed by atoms with Crippen molar-refractivity contribution in [2.45, 2.75) is 11.5 Å². The molecule has 6 heteroatoms. The molecule has 0 fully saturated rings. The van der Waals surface area contributed by atoms with Gasteiger partial charge in [-0.15, -0.1) is 0 Å². The highest BCUT2D eigenvalue weighted by Gasteiger charge is 2.18. The van der Waals surface area contributed by atoms with Crippen LogP contribution in [-0.2, 0) is 11.5 Å². The summed E-state index contributed by atoms with van der Waals surface area (Å²) in [5, 5.41) is 0. The highest BCUT2D eigenvalue weighted by atomic mass is 32.2. The van der Waals surface area contributed by atoms with Gasteiger partial charge in [-0.25, -0.2) is 15.0 Å². The van der Waals surface area contributed by atoms with Gasteiger partial charge in [-0.1, -0.05) is 0 Å². The lowest BCUT2D eigenvalue weighted by Gasteiger charge is -2.06. The van der Waals surface area contributed by atoms with Gasteiger partial charge in [0.25, 0.3) is 0 Å². The van der Waals surface area contributed by atoms with Crippen molar-refractivity contribution >= 4 is 17.6 Å². The molecule has 1 aliphatic rings. The summed E-state index contributed by atoms with van der Waals surface area (Å²) < 4.78 is 5.02. The van der Waals surface area contributed by atoms with Gasteiger partial charge >= 0.3 is 0 Å². The molecule has 0 radical (unpaired) electrons. The Morgan fingerprint density at radius 1 is 1.28 bits per heavy atom. The molecule has 2 aromatic rings. The molecular formula is C12H12N4OS. The largest absolute Gasteiger partial charge is 0.481 e. The van der Waals surface area contributed by atoms with E-state index in [0.29, 0.717) is 17.5 Å². The smallest absolute Gasteiger partial charge is 0.212 e. The van der Waals surface area contributed by atoms with Crippen LogP contribution < -0.4 is 10.5 Å². The molecule has 0 saturated carbocycles. The van der Waals surface area contributed by atoms with Gasteiger partial charge in [-0.2, -0.15) is 11.8 Å². The number of aromatic nitrogens is 3. The minimum absolute atomic E-state index is 0.573. The summed E-state index contributed by atoms with van der Waals surface area (Å²) in [7, 11) is 1.59. The summed E-state index contributed by atoms with van der Waals surface area (Å²) in [5.74, 6) is 3.59. The first-order chi connectivity index (χ1) is 8.78. The molecule has 0 unspecified atom stereocenters. The molecule has 1 aliphatic heterocycles. The van der Waals surface area contributed by atoms with E-state index in [-0.39, 0.29) is 0 Å². The van der Waals surface area contributed by atoms with Crippen LogP contribution in [0.5, 0.6) is 5.88 Å². The summed E-state index contributed by atoms with van der Waals surface area (Å²) in [4.78, 5) is 13.0.